The highest BCUT2D eigenvalue weighted by atomic mass is 16.2. The number of aryl methyl sites for hydroxylation is 3. The molecular formula is C20H26N4O2. The first-order valence-electron chi connectivity index (χ1n) is 9.04. The first kappa shape index (κ1) is 18.3. The van der Waals surface area contributed by atoms with Crippen molar-refractivity contribution < 1.29 is 4.79 Å². The number of hydrogen-bond donors (Lipinski definition) is 1. The summed E-state index contributed by atoms with van der Waals surface area (Å²) in [5, 5.41) is 0. The lowest BCUT2D eigenvalue weighted by molar-refractivity contribution is -0.132. The average molecular weight is 354 g/mol. The summed E-state index contributed by atoms with van der Waals surface area (Å²) in [6.07, 6.45) is 0.117. The Labute approximate surface area is 153 Å². The number of H-pyrrole nitrogens is 1. The number of nitrogens with one attached hydrogen (secondary N) is 1. The summed E-state index contributed by atoms with van der Waals surface area (Å²) < 4.78 is 0. The molecule has 1 fully saturated rings. The molecule has 138 valence electrons. The maximum Gasteiger partial charge on any atom is 0.254 e. The Morgan fingerprint density at radius 1 is 1.15 bits per heavy atom. The summed E-state index contributed by atoms with van der Waals surface area (Å²) in [7, 11) is 0. The third-order valence-corrected chi connectivity index (χ3v) is 4.88. The molecule has 0 bridgehead atoms. The standard InChI is InChI=1S/C20H26N4O2/c1-14-5-4-6-17(11-14)13-23-7-9-24(10-8-23)19(25)12-18-15(2)21-16(3)22-20(18)26/h4-6,11H,7-10,12-13H2,1-3H3,(H,21,22,26). The quantitative estimate of drug-likeness (QED) is 0.905. The van der Waals surface area contributed by atoms with Gasteiger partial charge in [-0.3, -0.25) is 14.5 Å². The van der Waals surface area contributed by atoms with Crippen molar-refractivity contribution in [1.82, 2.24) is 19.8 Å². The average Bonchev–Trinajstić information content (AvgIpc) is 2.58. The van der Waals surface area contributed by atoms with Gasteiger partial charge in [0, 0.05) is 44.0 Å². The molecule has 1 amide bonds. The fraction of sp³-hybridized carbons (Fsp3) is 0.450. The van der Waals surface area contributed by atoms with E-state index in [-0.39, 0.29) is 17.9 Å². The SMILES string of the molecule is Cc1cccc(CN2CCN(C(=O)Cc3c(C)nc(C)[nH]c3=O)CC2)c1. The zero-order chi connectivity index (χ0) is 18.7. The van der Waals surface area contributed by atoms with E-state index in [2.05, 4.69) is 46.1 Å². The van der Waals surface area contributed by atoms with E-state index in [1.807, 2.05) is 4.90 Å². The van der Waals surface area contributed by atoms with Crippen molar-refractivity contribution in [2.45, 2.75) is 33.7 Å². The normalized spacial score (nSPS) is 15.3. The molecule has 1 saturated heterocycles. The molecule has 0 atom stereocenters. The van der Waals surface area contributed by atoms with Gasteiger partial charge in [0.25, 0.3) is 5.56 Å². The largest absolute Gasteiger partial charge is 0.340 e. The van der Waals surface area contributed by atoms with E-state index in [0.717, 1.165) is 19.6 Å². The Kier molecular flexibility index (Phi) is 5.52. The molecule has 1 N–H and O–H groups in total. The maximum atomic E-state index is 12.6. The number of hydrogen-bond acceptors (Lipinski definition) is 4. The highest BCUT2D eigenvalue weighted by Crippen LogP contribution is 2.11. The molecule has 1 aromatic heterocycles. The third-order valence-electron chi connectivity index (χ3n) is 4.88. The van der Waals surface area contributed by atoms with Crippen molar-refractivity contribution in [1.29, 1.82) is 0 Å². The van der Waals surface area contributed by atoms with Gasteiger partial charge in [-0.05, 0) is 26.3 Å². The van der Waals surface area contributed by atoms with Gasteiger partial charge in [0.05, 0.1) is 6.42 Å². The monoisotopic (exact) mass is 354 g/mol. The number of benzene rings is 1. The van der Waals surface area contributed by atoms with Crippen LogP contribution in [0.3, 0.4) is 0 Å². The molecule has 0 spiro atoms. The lowest BCUT2D eigenvalue weighted by atomic mass is 10.1. The maximum absolute atomic E-state index is 12.6. The molecule has 26 heavy (non-hydrogen) atoms. The van der Waals surface area contributed by atoms with Gasteiger partial charge in [0.2, 0.25) is 5.91 Å². The smallest absolute Gasteiger partial charge is 0.254 e. The number of aromatic amines is 1. The molecule has 3 rings (SSSR count). The molecule has 0 aliphatic carbocycles. The van der Waals surface area contributed by atoms with Crippen LogP contribution in [-0.4, -0.2) is 51.9 Å². The van der Waals surface area contributed by atoms with Crippen molar-refractivity contribution in [3.05, 3.63) is 62.8 Å². The second-order valence-corrected chi connectivity index (χ2v) is 7.04. The second kappa shape index (κ2) is 7.83. The van der Waals surface area contributed by atoms with Crippen LogP contribution in [0.15, 0.2) is 29.1 Å². The lowest BCUT2D eigenvalue weighted by Gasteiger charge is -2.35. The van der Waals surface area contributed by atoms with E-state index in [9.17, 15) is 9.59 Å². The Balaban J connectivity index is 1.56. The predicted molar refractivity (Wildman–Crippen MR) is 101 cm³/mol. The molecule has 2 heterocycles. The Morgan fingerprint density at radius 2 is 1.88 bits per heavy atom. The molecule has 6 heteroatoms. The van der Waals surface area contributed by atoms with Gasteiger partial charge < -0.3 is 9.88 Å². The van der Waals surface area contributed by atoms with Gasteiger partial charge in [-0.1, -0.05) is 29.8 Å². The second-order valence-electron chi connectivity index (χ2n) is 7.04. The molecule has 1 aliphatic rings. The van der Waals surface area contributed by atoms with E-state index >= 15 is 0 Å². The summed E-state index contributed by atoms with van der Waals surface area (Å²) in [4.78, 5) is 35.8. The summed E-state index contributed by atoms with van der Waals surface area (Å²) >= 11 is 0. The van der Waals surface area contributed by atoms with Crippen LogP contribution in [0, 0.1) is 20.8 Å². The fourth-order valence-electron chi connectivity index (χ4n) is 3.45. The molecule has 1 aliphatic heterocycles. The van der Waals surface area contributed by atoms with E-state index < -0.39 is 0 Å². The van der Waals surface area contributed by atoms with Crippen LogP contribution in [0.2, 0.25) is 0 Å². The van der Waals surface area contributed by atoms with E-state index in [1.54, 1.807) is 13.8 Å². The zero-order valence-electron chi connectivity index (χ0n) is 15.7. The van der Waals surface area contributed by atoms with Gasteiger partial charge >= 0.3 is 0 Å². The topological polar surface area (TPSA) is 69.3 Å². The van der Waals surface area contributed by atoms with Crippen LogP contribution in [0.4, 0.5) is 0 Å². The Morgan fingerprint density at radius 3 is 2.54 bits per heavy atom. The van der Waals surface area contributed by atoms with Gasteiger partial charge in [0.1, 0.15) is 5.82 Å². The number of piperazine rings is 1. The van der Waals surface area contributed by atoms with Crippen molar-refractivity contribution in [3.63, 3.8) is 0 Å². The third kappa shape index (κ3) is 4.38. The van der Waals surface area contributed by atoms with E-state index in [0.29, 0.717) is 30.2 Å². The zero-order valence-corrected chi connectivity index (χ0v) is 15.7. The van der Waals surface area contributed by atoms with Gasteiger partial charge in [-0.25, -0.2) is 4.98 Å². The molecule has 6 nitrogen and oxygen atoms in total. The number of aromatic nitrogens is 2. The first-order chi connectivity index (χ1) is 12.4. The lowest BCUT2D eigenvalue weighted by Crippen LogP contribution is -2.49. The summed E-state index contributed by atoms with van der Waals surface area (Å²) in [5.41, 5.74) is 3.48. The number of amides is 1. The van der Waals surface area contributed by atoms with Crippen molar-refractivity contribution in [2.24, 2.45) is 0 Å². The van der Waals surface area contributed by atoms with Gasteiger partial charge in [-0.2, -0.15) is 0 Å². The van der Waals surface area contributed by atoms with Crippen molar-refractivity contribution in [3.8, 4) is 0 Å². The summed E-state index contributed by atoms with van der Waals surface area (Å²) in [6.45, 7) is 9.62. The minimum absolute atomic E-state index is 0.000501. The molecule has 2 aromatic rings. The molecule has 0 radical (unpaired) electrons. The first-order valence-corrected chi connectivity index (χ1v) is 9.04. The molecule has 0 unspecified atom stereocenters. The van der Waals surface area contributed by atoms with Gasteiger partial charge in [-0.15, -0.1) is 0 Å². The van der Waals surface area contributed by atoms with E-state index in [1.165, 1.54) is 11.1 Å². The van der Waals surface area contributed by atoms with Crippen molar-refractivity contribution >= 4 is 5.91 Å². The molecule has 0 saturated carbocycles. The number of rotatable bonds is 4. The molecular weight excluding hydrogens is 328 g/mol. The summed E-state index contributed by atoms with van der Waals surface area (Å²) in [5.74, 6) is 0.577. The number of carbonyl (C=O) groups is 1. The number of carbonyl (C=O) groups excluding carboxylic acids is 1. The highest BCUT2D eigenvalue weighted by molar-refractivity contribution is 5.79. The minimum atomic E-state index is -0.207. The van der Waals surface area contributed by atoms with Crippen LogP contribution < -0.4 is 5.56 Å². The predicted octanol–water partition coefficient (Wildman–Crippen LogP) is 1.58. The van der Waals surface area contributed by atoms with Crippen LogP contribution in [-0.2, 0) is 17.8 Å². The van der Waals surface area contributed by atoms with Crippen LogP contribution in [0.5, 0.6) is 0 Å². The van der Waals surface area contributed by atoms with Crippen LogP contribution >= 0.6 is 0 Å². The number of nitrogens with zero attached hydrogens (tertiary/aromatic N) is 3. The Hall–Kier alpha value is -2.47. The summed E-state index contributed by atoms with van der Waals surface area (Å²) in [6, 6.07) is 8.53. The fourth-order valence-corrected chi connectivity index (χ4v) is 3.45. The minimum Gasteiger partial charge on any atom is -0.340 e. The van der Waals surface area contributed by atoms with Crippen LogP contribution in [0.25, 0.3) is 0 Å². The van der Waals surface area contributed by atoms with Crippen LogP contribution in [0.1, 0.15) is 28.2 Å². The van der Waals surface area contributed by atoms with E-state index in [4.69, 9.17) is 0 Å². The van der Waals surface area contributed by atoms with Gasteiger partial charge in [0.15, 0.2) is 0 Å². The molecule has 1 aromatic carbocycles. The Bertz CT molecular complexity index is 851. The highest BCUT2D eigenvalue weighted by Gasteiger charge is 2.22. The van der Waals surface area contributed by atoms with Crippen molar-refractivity contribution in [2.75, 3.05) is 26.2 Å².